The number of hydrogen-bond donors (Lipinski definition) is 3. The zero-order valence-corrected chi connectivity index (χ0v) is 17.1. The highest BCUT2D eigenvalue weighted by Gasteiger charge is 2.29. The zero-order chi connectivity index (χ0) is 20.8. The molecule has 2 aliphatic heterocycles. The second-order valence-corrected chi connectivity index (χ2v) is 7.80. The van der Waals surface area contributed by atoms with E-state index in [1.807, 2.05) is 0 Å². The van der Waals surface area contributed by atoms with Crippen LogP contribution in [-0.4, -0.2) is 61.4 Å². The summed E-state index contributed by atoms with van der Waals surface area (Å²) in [4.78, 5) is 15.0. The lowest BCUT2D eigenvalue weighted by Gasteiger charge is -2.36. The van der Waals surface area contributed by atoms with Crippen molar-refractivity contribution in [1.82, 2.24) is 10.2 Å². The van der Waals surface area contributed by atoms with Gasteiger partial charge in [-0.25, -0.2) is 0 Å². The first-order chi connectivity index (χ1) is 14.0. The van der Waals surface area contributed by atoms with Crippen LogP contribution in [0.5, 0.6) is 11.5 Å². The highest BCUT2D eigenvalue weighted by atomic mass is 35.5. The first-order valence-electron chi connectivity index (χ1n) is 9.94. The number of aliphatic hydroxyl groups is 1. The van der Waals surface area contributed by atoms with E-state index in [1.165, 1.54) is 6.07 Å². The Morgan fingerprint density at radius 1 is 1.41 bits per heavy atom. The zero-order valence-electron chi connectivity index (χ0n) is 16.3. The molecule has 0 aromatic heterocycles. The molecule has 1 fully saturated rings. The maximum absolute atomic E-state index is 12.8. The number of nitrogens with zero attached hydrogens (tertiary/aromatic N) is 2. The molecule has 0 saturated carbocycles. The number of likely N-dealkylation sites (tertiary alicyclic amines) is 1. The van der Waals surface area contributed by atoms with E-state index in [1.54, 1.807) is 0 Å². The molecule has 0 unspecified atom stereocenters. The summed E-state index contributed by atoms with van der Waals surface area (Å²) in [5.41, 5.74) is 6.49. The van der Waals surface area contributed by atoms with Crippen molar-refractivity contribution in [2.45, 2.75) is 31.8 Å². The molecule has 1 aromatic rings. The van der Waals surface area contributed by atoms with E-state index in [0.29, 0.717) is 50.6 Å². The van der Waals surface area contributed by atoms with Crippen LogP contribution in [0.2, 0.25) is 5.02 Å². The predicted molar refractivity (Wildman–Crippen MR) is 109 cm³/mol. The Bertz CT molecular complexity index is 783. The number of nitriles is 1. The summed E-state index contributed by atoms with van der Waals surface area (Å²) >= 11 is 6.22. The van der Waals surface area contributed by atoms with Crippen molar-refractivity contribution in [3.8, 4) is 17.6 Å². The molecule has 29 heavy (non-hydrogen) atoms. The number of carbonyl (C=O) groups excluding carboxylic acids is 1. The third-order valence-corrected chi connectivity index (χ3v) is 5.71. The summed E-state index contributed by atoms with van der Waals surface area (Å²) in [6.07, 6.45) is 2.25. The summed E-state index contributed by atoms with van der Waals surface area (Å²) < 4.78 is 11.3. The molecule has 0 aliphatic carbocycles. The summed E-state index contributed by atoms with van der Waals surface area (Å²) in [7, 11) is 0. The summed E-state index contributed by atoms with van der Waals surface area (Å²) in [5.74, 6) is 0.248. The third-order valence-electron chi connectivity index (χ3n) is 5.32. The fraction of sp³-hybridized carbons (Fsp3) is 0.600. The lowest BCUT2D eigenvalue weighted by atomic mass is 9.93. The van der Waals surface area contributed by atoms with Gasteiger partial charge in [0.15, 0.2) is 11.5 Å². The fourth-order valence-electron chi connectivity index (χ4n) is 3.67. The Hall–Kier alpha value is -2.21. The highest BCUT2D eigenvalue weighted by molar-refractivity contribution is 6.35. The van der Waals surface area contributed by atoms with Crippen LogP contribution in [0.15, 0.2) is 6.07 Å². The van der Waals surface area contributed by atoms with Crippen molar-refractivity contribution in [3.63, 3.8) is 0 Å². The van der Waals surface area contributed by atoms with Gasteiger partial charge < -0.3 is 30.5 Å². The van der Waals surface area contributed by atoms with Crippen molar-refractivity contribution >= 4 is 23.2 Å². The van der Waals surface area contributed by atoms with Crippen LogP contribution in [0.4, 0.5) is 5.69 Å². The third kappa shape index (κ3) is 5.24. The Balaban J connectivity index is 1.60. The smallest absolute Gasteiger partial charge is 0.255 e. The summed E-state index contributed by atoms with van der Waals surface area (Å²) in [6, 6.07) is 3.63. The molecule has 2 atom stereocenters. The predicted octanol–water partition coefficient (Wildman–Crippen LogP) is 1.80. The molecule has 1 amide bonds. The van der Waals surface area contributed by atoms with Gasteiger partial charge in [-0.1, -0.05) is 11.6 Å². The van der Waals surface area contributed by atoms with Gasteiger partial charge >= 0.3 is 0 Å². The van der Waals surface area contributed by atoms with Crippen LogP contribution in [0.25, 0.3) is 0 Å². The number of β-amino-alcohol motifs (C(OH)–C–C–N with tert-alkyl or cyclic N) is 1. The number of carbonyl (C=O) groups is 1. The maximum Gasteiger partial charge on any atom is 0.255 e. The number of hydrogen-bond acceptors (Lipinski definition) is 7. The van der Waals surface area contributed by atoms with E-state index in [-0.39, 0.29) is 28.1 Å². The molecule has 9 heteroatoms. The molecule has 8 nitrogen and oxygen atoms in total. The van der Waals surface area contributed by atoms with Gasteiger partial charge in [-0.2, -0.15) is 5.26 Å². The Labute approximate surface area is 175 Å². The first-order valence-corrected chi connectivity index (χ1v) is 10.3. The maximum atomic E-state index is 12.8. The monoisotopic (exact) mass is 422 g/mol. The number of piperidine rings is 1. The lowest BCUT2D eigenvalue weighted by molar-refractivity contribution is 0.0219. The van der Waals surface area contributed by atoms with Gasteiger partial charge in [-0.15, -0.1) is 0 Å². The second kappa shape index (κ2) is 10.0. The SMILES string of the molecule is N#CCCCN1CC[C@@H](CNC(=O)c2cc(N)c(Cl)c3c2OCCCO3)[C@H](O)C1. The number of fused-ring (bicyclic) bond motifs is 1. The van der Waals surface area contributed by atoms with Gasteiger partial charge in [0.2, 0.25) is 0 Å². The fourth-order valence-corrected chi connectivity index (χ4v) is 3.87. The number of benzene rings is 1. The number of nitrogen functional groups attached to an aromatic ring is 1. The van der Waals surface area contributed by atoms with E-state index in [9.17, 15) is 9.90 Å². The van der Waals surface area contributed by atoms with E-state index in [4.69, 9.17) is 32.1 Å². The first kappa shape index (κ1) is 21.5. The van der Waals surface area contributed by atoms with Crippen LogP contribution in [-0.2, 0) is 0 Å². The normalized spacial score (nSPS) is 21.8. The van der Waals surface area contributed by atoms with Gasteiger partial charge in [-0.3, -0.25) is 4.79 Å². The Morgan fingerprint density at radius 2 is 2.17 bits per heavy atom. The average molecular weight is 423 g/mol. The quantitative estimate of drug-likeness (QED) is 0.472. The minimum atomic E-state index is -0.530. The van der Waals surface area contributed by atoms with Gasteiger partial charge in [-0.05, 0) is 32.0 Å². The number of ether oxygens (including phenoxy) is 2. The van der Waals surface area contributed by atoms with Crippen molar-refractivity contribution in [1.29, 1.82) is 5.26 Å². The van der Waals surface area contributed by atoms with Crippen molar-refractivity contribution in [2.24, 2.45) is 5.92 Å². The van der Waals surface area contributed by atoms with Crippen molar-refractivity contribution in [2.75, 3.05) is 45.1 Å². The molecule has 2 aliphatic rings. The van der Waals surface area contributed by atoms with Gasteiger partial charge in [0.05, 0.1) is 36.6 Å². The van der Waals surface area contributed by atoms with Crippen LogP contribution in [0.1, 0.15) is 36.0 Å². The van der Waals surface area contributed by atoms with Crippen LogP contribution >= 0.6 is 11.6 Å². The molecule has 0 spiro atoms. The molecule has 0 radical (unpaired) electrons. The minimum Gasteiger partial charge on any atom is -0.489 e. The standard InChI is InChI=1S/C20H27ClN4O4/c21-17-15(23)10-14(18-19(17)29-9-3-8-28-18)20(27)24-11-13-4-7-25(12-16(13)26)6-2-1-5-22/h10,13,16,26H,1-4,6-9,11-12,23H2,(H,24,27)/t13-,16+/m0/s1. The van der Waals surface area contributed by atoms with E-state index < -0.39 is 6.10 Å². The topological polar surface area (TPSA) is 121 Å². The van der Waals surface area contributed by atoms with Gasteiger partial charge in [0.1, 0.15) is 5.02 Å². The van der Waals surface area contributed by atoms with Crippen LogP contribution in [0, 0.1) is 17.2 Å². The van der Waals surface area contributed by atoms with E-state index in [2.05, 4.69) is 16.3 Å². The minimum absolute atomic E-state index is 0.0356. The van der Waals surface area contributed by atoms with Crippen LogP contribution in [0.3, 0.4) is 0 Å². The van der Waals surface area contributed by atoms with Crippen LogP contribution < -0.4 is 20.5 Å². The molecule has 0 bridgehead atoms. The van der Waals surface area contributed by atoms with E-state index in [0.717, 1.165) is 25.9 Å². The molecule has 2 heterocycles. The Morgan fingerprint density at radius 3 is 2.90 bits per heavy atom. The number of nitrogens with one attached hydrogen (secondary N) is 1. The largest absolute Gasteiger partial charge is 0.489 e. The number of nitrogens with two attached hydrogens (primary N) is 1. The molecule has 1 saturated heterocycles. The van der Waals surface area contributed by atoms with Gasteiger partial charge in [0, 0.05) is 31.8 Å². The number of amides is 1. The second-order valence-electron chi connectivity index (χ2n) is 7.42. The van der Waals surface area contributed by atoms with Crippen molar-refractivity contribution in [3.05, 3.63) is 16.7 Å². The highest BCUT2D eigenvalue weighted by Crippen LogP contribution is 2.43. The summed E-state index contributed by atoms with van der Waals surface area (Å²) in [5, 5.41) is 22.2. The number of halogens is 1. The molecule has 3 rings (SSSR count). The Kier molecular flexibility index (Phi) is 7.42. The van der Waals surface area contributed by atoms with E-state index >= 15 is 0 Å². The molecular weight excluding hydrogens is 396 g/mol. The molecular formula is C20H27ClN4O4. The molecule has 158 valence electrons. The average Bonchev–Trinajstić information content (AvgIpc) is 2.96. The number of anilines is 1. The molecule has 1 aromatic carbocycles. The lowest BCUT2D eigenvalue weighted by Crippen LogP contribution is -2.47. The molecule has 4 N–H and O–H groups in total. The number of rotatable bonds is 6. The number of unbranched alkanes of at least 4 members (excludes halogenated alkanes) is 1. The van der Waals surface area contributed by atoms with Gasteiger partial charge in [0.25, 0.3) is 5.91 Å². The van der Waals surface area contributed by atoms with Crippen molar-refractivity contribution < 1.29 is 19.4 Å². The number of aliphatic hydroxyl groups excluding tert-OH is 1. The summed E-state index contributed by atoms with van der Waals surface area (Å²) in [6.45, 7) is 3.41.